The van der Waals surface area contributed by atoms with Gasteiger partial charge in [-0.3, -0.25) is 4.79 Å². The SMILES string of the molecule is COC(=O)C1(NC(=O)CC(C)=C=O)CC1. The van der Waals surface area contributed by atoms with Crippen molar-refractivity contribution in [3.05, 3.63) is 5.57 Å². The zero-order chi connectivity index (χ0) is 11.5. The lowest BCUT2D eigenvalue weighted by atomic mass is 10.2. The molecule has 5 nitrogen and oxygen atoms in total. The highest BCUT2D eigenvalue weighted by Crippen LogP contribution is 2.36. The summed E-state index contributed by atoms with van der Waals surface area (Å²) in [7, 11) is 1.28. The summed E-state index contributed by atoms with van der Waals surface area (Å²) in [5, 5.41) is 2.57. The van der Waals surface area contributed by atoms with Crippen molar-refractivity contribution in [2.75, 3.05) is 7.11 Å². The highest BCUT2D eigenvalue weighted by Gasteiger charge is 2.52. The van der Waals surface area contributed by atoms with Gasteiger partial charge in [0.1, 0.15) is 11.5 Å². The molecule has 1 N–H and O–H groups in total. The quantitative estimate of drug-likeness (QED) is 0.523. The fourth-order valence-electron chi connectivity index (χ4n) is 1.29. The Labute approximate surface area is 87.5 Å². The van der Waals surface area contributed by atoms with Crippen molar-refractivity contribution in [2.45, 2.75) is 31.7 Å². The Hall–Kier alpha value is -1.61. The molecule has 0 aromatic carbocycles. The smallest absolute Gasteiger partial charge is 0.331 e. The van der Waals surface area contributed by atoms with Crippen molar-refractivity contribution < 1.29 is 19.1 Å². The van der Waals surface area contributed by atoms with E-state index in [1.807, 2.05) is 0 Å². The molecule has 5 heteroatoms. The zero-order valence-corrected chi connectivity index (χ0v) is 8.75. The Balaban J connectivity index is 2.52. The predicted octanol–water partition coefficient (Wildman–Crippen LogP) is -0.0238. The van der Waals surface area contributed by atoms with Gasteiger partial charge in [0.15, 0.2) is 0 Å². The summed E-state index contributed by atoms with van der Waals surface area (Å²) in [6.45, 7) is 1.52. The van der Waals surface area contributed by atoms with Crippen LogP contribution in [0, 0.1) is 0 Å². The third kappa shape index (κ3) is 2.67. The van der Waals surface area contributed by atoms with Crippen molar-refractivity contribution in [1.29, 1.82) is 0 Å². The van der Waals surface area contributed by atoms with Crippen LogP contribution in [0.15, 0.2) is 5.57 Å². The van der Waals surface area contributed by atoms with E-state index in [1.54, 1.807) is 5.94 Å². The topological polar surface area (TPSA) is 72.5 Å². The number of amides is 1. The van der Waals surface area contributed by atoms with E-state index >= 15 is 0 Å². The van der Waals surface area contributed by atoms with Gasteiger partial charge in [-0.2, -0.15) is 0 Å². The first kappa shape index (κ1) is 11.5. The van der Waals surface area contributed by atoms with E-state index in [2.05, 4.69) is 10.1 Å². The van der Waals surface area contributed by atoms with E-state index in [0.29, 0.717) is 18.4 Å². The molecule has 0 unspecified atom stereocenters. The molecular formula is C10H13NO4. The summed E-state index contributed by atoms with van der Waals surface area (Å²) in [6.07, 6.45) is 1.16. The Morgan fingerprint density at radius 1 is 1.47 bits per heavy atom. The molecule has 0 saturated heterocycles. The normalized spacial score (nSPS) is 16.1. The first-order valence-electron chi connectivity index (χ1n) is 4.64. The van der Waals surface area contributed by atoms with Gasteiger partial charge in [-0.1, -0.05) is 0 Å². The standard InChI is InChI=1S/C10H13NO4/c1-7(6-12)5-8(13)11-10(3-4-10)9(14)15-2/h3-5H2,1-2H3,(H,11,13). The van der Waals surface area contributed by atoms with Crippen LogP contribution >= 0.6 is 0 Å². The van der Waals surface area contributed by atoms with E-state index in [4.69, 9.17) is 0 Å². The lowest BCUT2D eigenvalue weighted by Crippen LogP contribution is -2.43. The molecular weight excluding hydrogens is 198 g/mol. The molecule has 0 aromatic heterocycles. The predicted molar refractivity (Wildman–Crippen MR) is 51.6 cm³/mol. The molecule has 0 radical (unpaired) electrons. The van der Waals surface area contributed by atoms with Gasteiger partial charge < -0.3 is 10.1 Å². The molecule has 1 fully saturated rings. The number of methoxy groups -OCH3 is 1. The maximum atomic E-state index is 11.4. The number of carbonyl (C=O) groups is 2. The van der Waals surface area contributed by atoms with Gasteiger partial charge in [0, 0.05) is 5.57 Å². The van der Waals surface area contributed by atoms with Crippen LogP contribution in [-0.4, -0.2) is 30.5 Å². The third-order valence-electron chi connectivity index (χ3n) is 2.30. The van der Waals surface area contributed by atoms with Crippen molar-refractivity contribution >= 4 is 17.8 Å². The number of esters is 1. The highest BCUT2D eigenvalue weighted by molar-refractivity contribution is 5.91. The van der Waals surface area contributed by atoms with Crippen LogP contribution in [0.2, 0.25) is 0 Å². The average molecular weight is 211 g/mol. The molecule has 0 aromatic rings. The van der Waals surface area contributed by atoms with Crippen LogP contribution in [-0.2, 0) is 19.1 Å². The first-order valence-corrected chi connectivity index (χ1v) is 4.64. The van der Waals surface area contributed by atoms with Gasteiger partial charge in [-0.05, 0) is 19.8 Å². The zero-order valence-electron chi connectivity index (χ0n) is 8.75. The summed E-state index contributed by atoms with van der Waals surface area (Å²) >= 11 is 0. The van der Waals surface area contributed by atoms with Gasteiger partial charge in [0.25, 0.3) is 0 Å². The molecule has 0 bridgehead atoms. The summed E-state index contributed by atoms with van der Waals surface area (Å²) in [5.74, 6) is 0.859. The fourth-order valence-corrected chi connectivity index (χ4v) is 1.29. The minimum Gasteiger partial charge on any atom is -0.467 e. The van der Waals surface area contributed by atoms with Crippen LogP contribution < -0.4 is 5.32 Å². The molecule has 1 saturated carbocycles. The Morgan fingerprint density at radius 2 is 2.07 bits per heavy atom. The average Bonchev–Trinajstić information content (AvgIpc) is 2.97. The second-order valence-electron chi connectivity index (χ2n) is 3.68. The highest BCUT2D eigenvalue weighted by atomic mass is 16.5. The van der Waals surface area contributed by atoms with Crippen molar-refractivity contribution in [3.63, 3.8) is 0 Å². The molecule has 15 heavy (non-hydrogen) atoms. The monoisotopic (exact) mass is 211 g/mol. The van der Waals surface area contributed by atoms with Gasteiger partial charge in [-0.25, -0.2) is 9.59 Å². The third-order valence-corrected chi connectivity index (χ3v) is 2.30. The number of hydrogen-bond donors (Lipinski definition) is 1. The maximum Gasteiger partial charge on any atom is 0.331 e. The van der Waals surface area contributed by atoms with Crippen LogP contribution in [0.3, 0.4) is 0 Å². The van der Waals surface area contributed by atoms with Crippen molar-refractivity contribution in [3.8, 4) is 0 Å². The Bertz CT molecular complexity index is 337. The van der Waals surface area contributed by atoms with E-state index in [-0.39, 0.29) is 12.3 Å². The van der Waals surface area contributed by atoms with E-state index in [9.17, 15) is 14.4 Å². The van der Waals surface area contributed by atoms with Crippen LogP contribution in [0.5, 0.6) is 0 Å². The summed E-state index contributed by atoms with van der Waals surface area (Å²) in [4.78, 5) is 32.8. The fraction of sp³-hybridized carbons (Fsp3) is 0.600. The molecule has 1 aliphatic carbocycles. The van der Waals surface area contributed by atoms with E-state index in [0.717, 1.165) is 0 Å². The Kier molecular flexibility index (Phi) is 3.27. The second kappa shape index (κ2) is 4.28. The number of rotatable bonds is 4. The summed E-state index contributed by atoms with van der Waals surface area (Å²) in [5.41, 5.74) is -0.525. The molecule has 0 aliphatic heterocycles. The van der Waals surface area contributed by atoms with Crippen LogP contribution in [0.25, 0.3) is 0 Å². The van der Waals surface area contributed by atoms with Crippen LogP contribution in [0.4, 0.5) is 0 Å². The Morgan fingerprint density at radius 3 is 2.47 bits per heavy atom. The molecule has 0 heterocycles. The number of ether oxygens (including phenoxy) is 1. The second-order valence-corrected chi connectivity index (χ2v) is 3.68. The summed E-state index contributed by atoms with van der Waals surface area (Å²) < 4.78 is 4.57. The molecule has 1 aliphatic rings. The molecule has 0 spiro atoms. The van der Waals surface area contributed by atoms with Crippen LogP contribution in [0.1, 0.15) is 26.2 Å². The largest absolute Gasteiger partial charge is 0.467 e. The molecule has 82 valence electrons. The lowest BCUT2D eigenvalue weighted by molar-refractivity contribution is -0.146. The molecule has 1 rings (SSSR count). The lowest BCUT2D eigenvalue weighted by Gasteiger charge is -2.14. The van der Waals surface area contributed by atoms with E-state index in [1.165, 1.54) is 14.0 Å². The minimum absolute atomic E-state index is 0.0256. The van der Waals surface area contributed by atoms with Gasteiger partial charge in [0.2, 0.25) is 5.91 Å². The van der Waals surface area contributed by atoms with E-state index < -0.39 is 11.5 Å². The van der Waals surface area contributed by atoms with Crippen molar-refractivity contribution in [1.82, 2.24) is 5.32 Å². The summed E-state index contributed by atoms with van der Waals surface area (Å²) in [6, 6.07) is 0. The van der Waals surface area contributed by atoms with Gasteiger partial charge >= 0.3 is 5.97 Å². The maximum absolute atomic E-state index is 11.4. The molecule has 1 amide bonds. The minimum atomic E-state index is -0.838. The number of carbonyl (C=O) groups excluding carboxylic acids is 3. The number of hydrogen-bond acceptors (Lipinski definition) is 4. The number of nitrogens with one attached hydrogen (secondary N) is 1. The van der Waals surface area contributed by atoms with Crippen molar-refractivity contribution in [2.24, 2.45) is 0 Å². The molecule has 0 atom stereocenters. The van der Waals surface area contributed by atoms with Gasteiger partial charge in [-0.15, -0.1) is 0 Å². The van der Waals surface area contributed by atoms with Gasteiger partial charge in [0.05, 0.1) is 13.5 Å². The first-order chi connectivity index (χ1) is 7.04.